The molecule has 0 spiro atoms. The van der Waals surface area contributed by atoms with Gasteiger partial charge in [0.25, 0.3) is 0 Å². The molecule has 0 amide bonds. The lowest BCUT2D eigenvalue weighted by Crippen LogP contribution is -2.24. The summed E-state index contributed by atoms with van der Waals surface area (Å²) in [6.07, 6.45) is 6.77. The summed E-state index contributed by atoms with van der Waals surface area (Å²) in [5, 5.41) is 0. The first kappa shape index (κ1) is 13.1. The van der Waals surface area contributed by atoms with Gasteiger partial charge in [-0.2, -0.15) is 0 Å². The molecule has 17 heavy (non-hydrogen) atoms. The molecule has 0 aromatic heterocycles. The third-order valence-corrected chi connectivity index (χ3v) is 3.89. The van der Waals surface area contributed by atoms with E-state index < -0.39 is 0 Å². The van der Waals surface area contributed by atoms with Crippen LogP contribution in [-0.4, -0.2) is 12.6 Å². The molecule has 2 rings (SSSR count). The van der Waals surface area contributed by atoms with Gasteiger partial charge in [0.2, 0.25) is 0 Å². The molecule has 0 radical (unpaired) electrons. The van der Waals surface area contributed by atoms with Crippen molar-refractivity contribution in [2.45, 2.75) is 44.3 Å². The average molecular weight is 298 g/mol. The molecular formula is C14H20BrNO. The summed E-state index contributed by atoms with van der Waals surface area (Å²) in [5.41, 5.74) is 7.01. The maximum absolute atomic E-state index is 6.13. The third-order valence-electron chi connectivity index (χ3n) is 3.36. The summed E-state index contributed by atoms with van der Waals surface area (Å²) in [6, 6.07) is 8.26. The number of hydrogen-bond acceptors (Lipinski definition) is 2. The monoisotopic (exact) mass is 297 g/mol. The molecule has 0 bridgehead atoms. The maximum Gasteiger partial charge on any atom is 0.0950 e. The largest absolute Gasteiger partial charge is 0.369 e. The lowest BCUT2D eigenvalue weighted by molar-refractivity contribution is -0.0269. The second-order valence-corrected chi connectivity index (χ2v) is 5.59. The predicted molar refractivity (Wildman–Crippen MR) is 73.9 cm³/mol. The fourth-order valence-corrected chi connectivity index (χ4v) is 2.65. The van der Waals surface area contributed by atoms with Gasteiger partial charge < -0.3 is 10.5 Å². The van der Waals surface area contributed by atoms with E-state index in [1.54, 1.807) is 0 Å². The van der Waals surface area contributed by atoms with Crippen molar-refractivity contribution in [2.24, 2.45) is 5.73 Å². The second-order valence-electron chi connectivity index (χ2n) is 4.67. The zero-order valence-corrected chi connectivity index (χ0v) is 11.7. The fraction of sp³-hybridized carbons (Fsp3) is 0.571. The molecule has 2 nitrogen and oxygen atoms in total. The summed E-state index contributed by atoms with van der Waals surface area (Å²) < 4.78 is 7.22. The van der Waals surface area contributed by atoms with Gasteiger partial charge in [0.05, 0.1) is 12.2 Å². The van der Waals surface area contributed by atoms with E-state index in [-0.39, 0.29) is 6.10 Å². The maximum atomic E-state index is 6.13. The Balaban J connectivity index is 1.97. The van der Waals surface area contributed by atoms with E-state index in [0.29, 0.717) is 12.6 Å². The van der Waals surface area contributed by atoms with Gasteiger partial charge in [-0.15, -0.1) is 0 Å². The second kappa shape index (κ2) is 6.53. The summed E-state index contributed by atoms with van der Waals surface area (Å²) in [6.45, 7) is 0.554. The first-order valence-electron chi connectivity index (χ1n) is 6.40. The highest BCUT2D eigenvalue weighted by molar-refractivity contribution is 9.10. The van der Waals surface area contributed by atoms with Crippen LogP contribution in [0.15, 0.2) is 28.7 Å². The van der Waals surface area contributed by atoms with Crippen LogP contribution in [0.2, 0.25) is 0 Å². The topological polar surface area (TPSA) is 35.2 Å². The molecule has 2 N–H and O–H groups in total. The quantitative estimate of drug-likeness (QED) is 0.917. The van der Waals surface area contributed by atoms with Gasteiger partial charge in [-0.1, -0.05) is 47.3 Å². The first-order valence-corrected chi connectivity index (χ1v) is 7.20. The molecule has 1 aliphatic rings. The SMILES string of the molecule is NCC(OC1CCCCC1)c1ccc(Br)cc1. The van der Waals surface area contributed by atoms with Crippen molar-refractivity contribution in [2.75, 3.05) is 6.54 Å². The van der Waals surface area contributed by atoms with Gasteiger partial charge in [0.15, 0.2) is 0 Å². The van der Waals surface area contributed by atoms with E-state index in [0.717, 1.165) is 4.47 Å². The van der Waals surface area contributed by atoms with Crippen LogP contribution in [0, 0.1) is 0 Å². The van der Waals surface area contributed by atoms with E-state index in [1.165, 1.54) is 37.7 Å². The van der Waals surface area contributed by atoms with E-state index in [4.69, 9.17) is 10.5 Å². The minimum atomic E-state index is 0.0474. The van der Waals surface area contributed by atoms with Crippen LogP contribution in [0.3, 0.4) is 0 Å². The van der Waals surface area contributed by atoms with Crippen LogP contribution in [0.1, 0.15) is 43.8 Å². The number of hydrogen-bond donors (Lipinski definition) is 1. The van der Waals surface area contributed by atoms with E-state index in [9.17, 15) is 0 Å². The van der Waals surface area contributed by atoms with Crippen molar-refractivity contribution in [3.05, 3.63) is 34.3 Å². The van der Waals surface area contributed by atoms with Crippen LogP contribution in [-0.2, 0) is 4.74 Å². The Labute approximate surface area is 112 Å². The molecule has 1 fully saturated rings. The molecule has 0 aliphatic heterocycles. The van der Waals surface area contributed by atoms with E-state index >= 15 is 0 Å². The summed E-state index contributed by atoms with van der Waals surface area (Å²) in [5.74, 6) is 0. The molecule has 1 aromatic carbocycles. The standard InChI is InChI=1S/C14H20BrNO/c15-12-8-6-11(7-9-12)14(10-16)17-13-4-2-1-3-5-13/h6-9,13-14H,1-5,10,16H2. The number of benzene rings is 1. The number of ether oxygens (including phenoxy) is 1. The van der Waals surface area contributed by atoms with Crippen molar-refractivity contribution in [3.63, 3.8) is 0 Å². The molecule has 1 aliphatic carbocycles. The Kier molecular flexibility index (Phi) is 5.01. The van der Waals surface area contributed by atoms with Crippen molar-refractivity contribution < 1.29 is 4.74 Å². The molecule has 0 heterocycles. The Morgan fingerprint density at radius 1 is 1.18 bits per heavy atom. The Bertz CT molecular complexity index is 333. The Morgan fingerprint density at radius 2 is 1.82 bits per heavy atom. The van der Waals surface area contributed by atoms with Crippen molar-refractivity contribution in [1.82, 2.24) is 0 Å². The highest BCUT2D eigenvalue weighted by atomic mass is 79.9. The minimum absolute atomic E-state index is 0.0474. The molecule has 1 saturated carbocycles. The van der Waals surface area contributed by atoms with Gasteiger partial charge in [-0.25, -0.2) is 0 Å². The predicted octanol–water partition coefficient (Wildman–Crippen LogP) is 3.80. The first-order chi connectivity index (χ1) is 8.29. The minimum Gasteiger partial charge on any atom is -0.369 e. The average Bonchev–Trinajstić information content (AvgIpc) is 2.38. The highest BCUT2D eigenvalue weighted by Crippen LogP contribution is 2.27. The van der Waals surface area contributed by atoms with Gasteiger partial charge in [0.1, 0.15) is 0 Å². The third kappa shape index (κ3) is 3.80. The van der Waals surface area contributed by atoms with Crippen molar-refractivity contribution in [1.29, 1.82) is 0 Å². The van der Waals surface area contributed by atoms with Gasteiger partial charge in [0, 0.05) is 11.0 Å². The Morgan fingerprint density at radius 3 is 2.41 bits per heavy atom. The number of nitrogens with two attached hydrogens (primary N) is 1. The smallest absolute Gasteiger partial charge is 0.0950 e. The zero-order chi connectivity index (χ0) is 12.1. The lowest BCUT2D eigenvalue weighted by Gasteiger charge is -2.27. The van der Waals surface area contributed by atoms with E-state index in [2.05, 4.69) is 28.1 Å². The molecule has 1 aromatic rings. The van der Waals surface area contributed by atoms with Gasteiger partial charge in [-0.05, 0) is 30.5 Å². The van der Waals surface area contributed by atoms with Crippen LogP contribution in [0.4, 0.5) is 0 Å². The fourth-order valence-electron chi connectivity index (χ4n) is 2.38. The number of halogens is 1. The zero-order valence-electron chi connectivity index (χ0n) is 10.1. The van der Waals surface area contributed by atoms with Crippen LogP contribution in [0.25, 0.3) is 0 Å². The van der Waals surface area contributed by atoms with Crippen molar-refractivity contribution in [3.8, 4) is 0 Å². The summed E-state index contributed by atoms with van der Waals surface area (Å²) in [7, 11) is 0. The van der Waals surface area contributed by atoms with Crippen molar-refractivity contribution >= 4 is 15.9 Å². The van der Waals surface area contributed by atoms with Gasteiger partial charge >= 0.3 is 0 Å². The summed E-state index contributed by atoms with van der Waals surface area (Å²) in [4.78, 5) is 0. The normalized spacial score (nSPS) is 19.2. The van der Waals surface area contributed by atoms with Gasteiger partial charge in [-0.3, -0.25) is 0 Å². The highest BCUT2D eigenvalue weighted by Gasteiger charge is 2.19. The van der Waals surface area contributed by atoms with Crippen LogP contribution >= 0.6 is 15.9 Å². The van der Waals surface area contributed by atoms with E-state index in [1.807, 2.05) is 12.1 Å². The summed E-state index contributed by atoms with van der Waals surface area (Å²) >= 11 is 3.44. The molecule has 1 unspecified atom stereocenters. The Hall–Kier alpha value is -0.380. The molecule has 94 valence electrons. The molecule has 3 heteroatoms. The molecule has 0 saturated heterocycles. The van der Waals surface area contributed by atoms with Crippen LogP contribution in [0.5, 0.6) is 0 Å². The molecule has 1 atom stereocenters. The molecular weight excluding hydrogens is 278 g/mol. The lowest BCUT2D eigenvalue weighted by atomic mass is 9.97. The number of rotatable bonds is 4. The van der Waals surface area contributed by atoms with Crippen LogP contribution < -0.4 is 5.73 Å².